The van der Waals surface area contributed by atoms with Crippen molar-refractivity contribution < 1.29 is 0 Å². The summed E-state index contributed by atoms with van der Waals surface area (Å²) in [5.41, 5.74) is 7.40. The maximum absolute atomic E-state index is 5.59. The van der Waals surface area contributed by atoms with E-state index in [-0.39, 0.29) is 0 Å². The molecule has 0 fully saturated rings. The van der Waals surface area contributed by atoms with E-state index in [0.29, 0.717) is 6.54 Å². The summed E-state index contributed by atoms with van der Waals surface area (Å²) in [6, 6.07) is 4.01. The molecule has 0 radical (unpaired) electrons. The van der Waals surface area contributed by atoms with Crippen LogP contribution in [0.2, 0.25) is 0 Å². The van der Waals surface area contributed by atoms with Gasteiger partial charge in [-0.15, -0.1) is 5.10 Å². The Hall–Kier alpha value is -1.14. The van der Waals surface area contributed by atoms with Gasteiger partial charge in [-0.1, -0.05) is 13.3 Å². The minimum atomic E-state index is 0.589. The lowest BCUT2D eigenvalue weighted by atomic mass is 10.3. The molecule has 0 saturated heterocycles. The molecule has 0 aliphatic carbocycles. The summed E-state index contributed by atoms with van der Waals surface area (Å²) in [4.78, 5) is 6.68. The summed E-state index contributed by atoms with van der Waals surface area (Å²) in [6.07, 6.45) is 3.10. The predicted octanol–water partition coefficient (Wildman–Crippen LogP) is 2.23. The van der Waals surface area contributed by atoms with Crippen LogP contribution in [0.1, 0.15) is 25.5 Å². The molecule has 0 spiro atoms. The standard InChI is InChI=1S/C13H20BrN5/c1-3-4-9-18(2)12-6-5-11-16-10(7-8-15)13(14)19(11)17-12/h5-6H,3-4,7-9,15H2,1-2H3. The number of unbranched alkanes of at least 4 members (excludes halogenated alkanes) is 1. The first kappa shape index (κ1) is 14.3. The molecule has 2 heterocycles. The highest BCUT2D eigenvalue weighted by atomic mass is 79.9. The van der Waals surface area contributed by atoms with E-state index in [4.69, 9.17) is 5.73 Å². The van der Waals surface area contributed by atoms with Gasteiger partial charge >= 0.3 is 0 Å². The molecule has 0 aliphatic rings. The first-order chi connectivity index (χ1) is 9.17. The van der Waals surface area contributed by atoms with Crippen LogP contribution >= 0.6 is 15.9 Å². The Morgan fingerprint density at radius 2 is 2.21 bits per heavy atom. The van der Waals surface area contributed by atoms with Crippen LogP contribution in [0.3, 0.4) is 0 Å². The molecule has 2 aromatic heterocycles. The lowest BCUT2D eigenvalue weighted by Gasteiger charge is -2.17. The third-order valence-corrected chi connectivity index (χ3v) is 3.89. The van der Waals surface area contributed by atoms with Gasteiger partial charge in [-0.25, -0.2) is 9.50 Å². The highest BCUT2D eigenvalue weighted by Crippen LogP contribution is 2.20. The molecule has 2 rings (SSSR count). The molecule has 0 atom stereocenters. The van der Waals surface area contributed by atoms with Gasteiger partial charge < -0.3 is 10.6 Å². The van der Waals surface area contributed by atoms with Crippen LogP contribution in [0.25, 0.3) is 5.65 Å². The summed E-state index contributed by atoms with van der Waals surface area (Å²) in [5, 5.41) is 4.62. The zero-order chi connectivity index (χ0) is 13.8. The first-order valence-electron chi connectivity index (χ1n) is 6.62. The van der Waals surface area contributed by atoms with Gasteiger partial charge in [0.25, 0.3) is 0 Å². The fraction of sp³-hybridized carbons (Fsp3) is 0.538. The molecule has 2 N–H and O–H groups in total. The van der Waals surface area contributed by atoms with Gasteiger partial charge in [-0.05, 0) is 41.0 Å². The molecule has 0 saturated carbocycles. The van der Waals surface area contributed by atoms with Crippen LogP contribution < -0.4 is 10.6 Å². The van der Waals surface area contributed by atoms with Crippen LogP contribution in [-0.4, -0.2) is 34.7 Å². The fourth-order valence-corrected chi connectivity index (χ4v) is 2.50. The molecule has 0 aliphatic heterocycles. The number of rotatable bonds is 6. The minimum Gasteiger partial charge on any atom is -0.358 e. The number of hydrogen-bond acceptors (Lipinski definition) is 4. The fourth-order valence-electron chi connectivity index (χ4n) is 1.95. The van der Waals surface area contributed by atoms with E-state index in [0.717, 1.165) is 34.7 Å². The van der Waals surface area contributed by atoms with E-state index in [2.05, 4.69) is 44.9 Å². The van der Waals surface area contributed by atoms with Gasteiger partial charge in [0.2, 0.25) is 0 Å². The minimum absolute atomic E-state index is 0.589. The number of fused-ring (bicyclic) bond motifs is 1. The molecule has 5 nitrogen and oxygen atoms in total. The predicted molar refractivity (Wildman–Crippen MR) is 81.6 cm³/mol. The first-order valence-corrected chi connectivity index (χ1v) is 7.42. The van der Waals surface area contributed by atoms with Gasteiger partial charge in [0.1, 0.15) is 10.4 Å². The summed E-state index contributed by atoms with van der Waals surface area (Å²) in [7, 11) is 2.06. The lowest BCUT2D eigenvalue weighted by molar-refractivity contribution is 0.746. The van der Waals surface area contributed by atoms with Gasteiger partial charge in [0.15, 0.2) is 5.65 Å². The van der Waals surface area contributed by atoms with Gasteiger partial charge in [-0.3, -0.25) is 0 Å². The Kier molecular flexibility index (Phi) is 4.76. The Balaban J connectivity index is 2.31. The maximum atomic E-state index is 5.59. The van der Waals surface area contributed by atoms with E-state index in [1.807, 2.05) is 16.6 Å². The van der Waals surface area contributed by atoms with Crippen molar-refractivity contribution in [2.24, 2.45) is 5.73 Å². The molecule has 19 heavy (non-hydrogen) atoms. The number of nitrogens with two attached hydrogens (primary N) is 1. The number of halogens is 1. The normalized spacial score (nSPS) is 11.2. The molecule has 0 unspecified atom stereocenters. The Labute approximate surface area is 121 Å². The summed E-state index contributed by atoms with van der Waals surface area (Å²) in [5.74, 6) is 0.957. The van der Waals surface area contributed by atoms with Crippen LogP contribution in [-0.2, 0) is 6.42 Å². The number of aromatic nitrogens is 3. The van der Waals surface area contributed by atoms with Gasteiger partial charge in [-0.2, -0.15) is 0 Å². The molecule has 0 aromatic carbocycles. The van der Waals surface area contributed by atoms with Crippen LogP contribution in [0.4, 0.5) is 5.82 Å². The molecule has 104 valence electrons. The van der Waals surface area contributed by atoms with Crippen molar-refractivity contribution in [2.75, 3.05) is 25.0 Å². The second-order valence-corrected chi connectivity index (χ2v) is 5.38. The van der Waals surface area contributed by atoms with Gasteiger partial charge in [0.05, 0.1) is 5.69 Å². The Bertz CT molecular complexity index is 551. The summed E-state index contributed by atoms with van der Waals surface area (Å²) >= 11 is 3.55. The monoisotopic (exact) mass is 325 g/mol. The zero-order valence-electron chi connectivity index (χ0n) is 11.4. The second kappa shape index (κ2) is 6.34. The van der Waals surface area contributed by atoms with Crippen LogP contribution in [0, 0.1) is 0 Å². The smallest absolute Gasteiger partial charge is 0.155 e. The van der Waals surface area contributed by atoms with Crippen LogP contribution in [0.15, 0.2) is 16.7 Å². The maximum Gasteiger partial charge on any atom is 0.155 e. The van der Waals surface area contributed by atoms with Crippen molar-refractivity contribution in [2.45, 2.75) is 26.2 Å². The SMILES string of the molecule is CCCCN(C)c1ccc2nc(CCN)c(Br)n2n1. The van der Waals surface area contributed by atoms with Crippen molar-refractivity contribution in [1.29, 1.82) is 0 Å². The summed E-state index contributed by atoms with van der Waals surface area (Å²) < 4.78 is 2.74. The summed E-state index contributed by atoms with van der Waals surface area (Å²) in [6.45, 7) is 3.79. The third-order valence-electron chi connectivity index (χ3n) is 3.09. The molecule has 6 heteroatoms. The van der Waals surface area contributed by atoms with Gasteiger partial charge in [0, 0.05) is 20.0 Å². The molecule has 0 amide bonds. The molecular formula is C13H20BrN5. The average molecular weight is 326 g/mol. The van der Waals surface area contributed by atoms with Crippen molar-refractivity contribution in [1.82, 2.24) is 14.6 Å². The zero-order valence-corrected chi connectivity index (χ0v) is 13.0. The third kappa shape index (κ3) is 3.06. The van der Waals surface area contributed by atoms with Crippen LogP contribution in [0.5, 0.6) is 0 Å². The highest BCUT2D eigenvalue weighted by molar-refractivity contribution is 9.10. The van der Waals surface area contributed by atoms with Crippen molar-refractivity contribution in [3.05, 3.63) is 22.4 Å². The lowest BCUT2D eigenvalue weighted by Crippen LogP contribution is -2.20. The largest absolute Gasteiger partial charge is 0.358 e. The van der Waals surface area contributed by atoms with E-state index in [9.17, 15) is 0 Å². The number of imidazole rings is 1. The van der Waals surface area contributed by atoms with E-state index in [1.165, 1.54) is 12.8 Å². The molecule has 2 aromatic rings. The molecule has 0 bridgehead atoms. The number of anilines is 1. The number of nitrogens with zero attached hydrogens (tertiary/aromatic N) is 4. The Morgan fingerprint density at radius 1 is 1.42 bits per heavy atom. The van der Waals surface area contributed by atoms with Crippen molar-refractivity contribution in [3.8, 4) is 0 Å². The number of hydrogen-bond donors (Lipinski definition) is 1. The van der Waals surface area contributed by atoms with Crippen molar-refractivity contribution in [3.63, 3.8) is 0 Å². The highest BCUT2D eigenvalue weighted by Gasteiger charge is 2.11. The van der Waals surface area contributed by atoms with E-state index < -0.39 is 0 Å². The topological polar surface area (TPSA) is 59.5 Å². The average Bonchev–Trinajstić information content (AvgIpc) is 2.73. The second-order valence-electron chi connectivity index (χ2n) is 4.62. The van der Waals surface area contributed by atoms with Crippen molar-refractivity contribution >= 4 is 27.4 Å². The van der Waals surface area contributed by atoms with E-state index in [1.54, 1.807) is 0 Å². The molecular weight excluding hydrogens is 306 g/mol. The Morgan fingerprint density at radius 3 is 2.89 bits per heavy atom. The quantitative estimate of drug-likeness (QED) is 0.884. The van der Waals surface area contributed by atoms with E-state index >= 15 is 0 Å².